The van der Waals surface area contributed by atoms with Crippen molar-refractivity contribution in [1.29, 1.82) is 0 Å². The Kier molecular flexibility index (Phi) is 4.17. The van der Waals surface area contributed by atoms with E-state index in [1.807, 2.05) is 4.98 Å². The van der Waals surface area contributed by atoms with Crippen LogP contribution in [0.1, 0.15) is 5.56 Å². The molecule has 7 nitrogen and oxygen atoms in total. The van der Waals surface area contributed by atoms with Gasteiger partial charge in [-0.2, -0.15) is 4.39 Å². The average molecular weight is 293 g/mol. The van der Waals surface area contributed by atoms with E-state index in [0.29, 0.717) is 5.56 Å². The predicted octanol–water partition coefficient (Wildman–Crippen LogP) is 0.310. The molecule has 0 aliphatic heterocycles. The van der Waals surface area contributed by atoms with Crippen LogP contribution in [-0.2, 0) is 11.2 Å². The summed E-state index contributed by atoms with van der Waals surface area (Å²) in [6, 6.07) is 7.50. The van der Waals surface area contributed by atoms with Gasteiger partial charge in [-0.15, -0.1) is 0 Å². The lowest BCUT2D eigenvalue weighted by atomic mass is 10.1. The van der Waals surface area contributed by atoms with Crippen molar-refractivity contribution >= 4 is 11.8 Å². The van der Waals surface area contributed by atoms with E-state index in [-0.39, 0.29) is 6.42 Å². The number of nitrogens with one attached hydrogen (secondary N) is 3. The van der Waals surface area contributed by atoms with Gasteiger partial charge in [0.05, 0.1) is 0 Å². The van der Waals surface area contributed by atoms with E-state index in [1.54, 1.807) is 35.3 Å². The number of carboxylic acid groups (broad SMARTS) is 1. The third-order valence-corrected chi connectivity index (χ3v) is 2.78. The topological polar surface area (TPSA) is 115 Å². The second-order valence-electron chi connectivity index (χ2n) is 4.32. The Morgan fingerprint density at radius 1 is 1.24 bits per heavy atom. The van der Waals surface area contributed by atoms with Crippen LogP contribution >= 0.6 is 0 Å². The molecule has 1 atom stereocenters. The molecule has 8 heteroatoms. The lowest BCUT2D eigenvalue weighted by Gasteiger charge is -2.15. The van der Waals surface area contributed by atoms with Crippen LogP contribution in [0.5, 0.6) is 0 Å². The molecule has 1 aromatic carbocycles. The first-order valence-corrected chi connectivity index (χ1v) is 6.02. The Hall–Kier alpha value is -2.90. The minimum Gasteiger partial charge on any atom is -0.480 e. The van der Waals surface area contributed by atoms with Crippen LogP contribution in [0.15, 0.2) is 39.9 Å². The van der Waals surface area contributed by atoms with Crippen LogP contribution < -0.4 is 16.6 Å². The number of aromatic nitrogens is 2. The highest BCUT2D eigenvalue weighted by molar-refractivity contribution is 5.77. The quantitative estimate of drug-likeness (QED) is 0.633. The smallest absolute Gasteiger partial charge is 0.327 e. The van der Waals surface area contributed by atoms with E-state index in [4.69, 9.17) is 5.11 Å². The van der Waals surface area contributed by atoms with Crippen molar-refractivity contribution in [3.63, 3.8) is 0 Å². The number of anilines is 1. The zero-order valence-electron chi connectivity index (χ0n) is 10.7. The maximum atomic E-state index is 13.6. The maximum absolute atomic E-state index is 13.6. The minimum atomic E-state index is -1.27. The van der Waals surface area contributed by atoms with Gasteiger partial charge in [0.2, 0.25) is 5.82 Å². The van der Waals surface area contributed by atoms with Crippen molar-refractivity contribution in [3.05, 3.63) is 62.6 Å². The first-order chi connectivity index (χ1) is 9.97. The molecule has 0 unspecified atom stereocenters. The third kappa shape index (κ3) is 3.56. The lowest BCUT2D eigenvalue weighted by molar-refractivity contribution is -0.137. The highest BCUT2D eigenvalue weighted by Gasteiger charge is 2.20. The van der Waals surface area contributed by atoms with Gasteiger partial charge < -0.3 is 10.4 Å². The van der Waals surface area contributed by atoms with Gasteiger partial charge in [-0.1, -0.05) is 30.3 Å². The molecular formula is C13H12FN3O4. The largest absolute Gasteiger partial charge is 0.480 e. The van der Waals surface area contributed by atoms with E-state index in [2.05, 4.69) is 5.32 Å². The molecular weight excluding hydrogens is 281 g/mol. The Morgan fingerprint density at radius 2 is 1.90 bits per heavy atom. The molecule has 0 radical (unpaired) electrons. The Bertz CT molecular complexity index is 754. The van der Waals surface area contributed by atoms with Gasteiger partial charge in [-0.25, -0.2) is 9.59 Å². The van der Waals surface area contributed by atoms with E-state index >= 15 is 0 Å². The Morgan fingerprint density at radius 3 is 2.52 bits per heavy atom. The summed E-state index contributed by atoms with van der Waals surface area (Å²) in [4.78, 5) is 37.2. The number of hydrogen-bond acceptors (Lipinski definition) is 4. The third-order valence-electron chi connectivity index (χ3n) is 2.78. The molecule has 2 rings (SSSR count). The summed E-state index contributed by atoms with van der Waals surface area (Å²) >= 11 is 0. The standard InChI is InChI=1S/C13H12FN3O4/c14-9-10(16-13(21)17-11(9)18)15-8(12(19)20)6-7-4-2-1-3-5-7/h1-5,8H,6H2,(H,19,20)(H3,15,16,17,18,21)/t8-/m0/s1. The second kappa shape index (κ2) is 6.04. The number of H-pyrrole nitrogens is 2. The zero-order chi connectivity index (χ0) is 15.4. The highest BCUT2D eigenvalue weighted by atomic mass is 19.1. The summed E-state index contributed by atoms with van der Waals surface area (Å²) in [5, 5.41) is 11.5. The van der Waals surface area contributed by atoms with Gasteiger partial charge in [-0.05, 0) is 5.56 Å². The molecule has 0 aliphatic rings. The summed E-state index contributed by atoms with van der Waals surface area (Å²) in [5.41, 5.74) is -1.43. The van der Waals surface area contributed by atoms with Gasteiger partial charge in [0.15, 0.2) is 5.82 Å². The number of carbonyl (C=O) groups is 1. The highest BCUT2D eigenvalue weighted by Crippen LogP contribution is 2.09. The number of hydrogen-bond donors (Lipinski definition) is 4. The molecule has 0 saturated carbocycles. The van der Waals surface area contributed by atoms with Gasteiger partial charge >= 0.3 is 11.7 Å². The van der Waals surface area contributed by atoms with Crippen LogP contribution in [0.25, 0.3) is 0 Å². The summed E-state index contributed by atoms with van der Waals surface area (Å²) in [7, 11) is 0. The van der Waals surface area contributed by atoms with Crippen molar-refractivity contribution in [2.75, 3.05) is 5.32 Å². The number of rotatable bonds is 5. The van der Waals surface area contributed by atoms with Crippen molar-refractivity contribution in [2.24, 2.45) is 0 Å². The number of aliphatic carboxylic acids is 1. The first kappa shape index (κ1) is 14.5. The molecule has 110 valence electrons. The normalized spacial score (nSPS) is 11.9. The molecule has 0 saturated heterocycles. The Labute approximate surface area is 117 Å². The minimum absolute atomic E-state index is 0.0600. The van der Waals surface area contributed by atoms with Gasteiger partial charge in [0, 0.05) is 6.42 Å². The predicted molar refractivity (Wildman–Crippen MR) is 72.8 cm³/mol. The van der Waals surface area contributed by atoms with Crippen molar-refractivity contribution in [2.45, 2.75) is 12.5 Å². The van der Waals surface area contributed by atoms with Gasteiger partial charge in [-0.3, -0.25) is 14.8 Å². The fourth-order valence-electron chi connectivity index (χ4n) is 1.79. The molecule has 1 aromatic heterocycles. The molecule has 2 aromatic rings. The zero-order valence-corrected chi connectivity index (χ0v) is 10.7. The fourth-order valence-corrected chi connectivity index (χ4v) is 1.79. The van der Waals surface area contributed by atoms with Crippen LogP contribution in [-0.4, -0.2) is 27.1 Å². The average Bonchev–Trinajstić information content (AvgIpc) is 2.44. The van der Waals surface area contributed by atoms with Crippen LogP contribution in [0.4, 0.5) is 10.2 Å². The summed E-state index contributed by atoms with van der Waals surface area (Å²) in [6.07, 6.45) is 0.0600. The van der Waals surface area contributed by atoms with E-state index < -0.39 is 34.9 Å². The first-order valence-electron chi connectivity index (χ1n) is 6.02. The molecule has 0 amide bonds. The van der Waals surface area contributed by atoms with Crippen LogP contribution in [0.2, 0.25) is 0 Å². The van der Waals surface area contributed by atoms with Crippen LogP contribution in [0.3, 0.4) is 0 Å². The number of aromatic amines is 2. The molecule has 0 fully saturated rings. The number of benzene rings is 1. The maximum Gasteiger partial charge on any atom is 0.327 e. The van der Waals surface area contributed by atoms with Gasteiger partial charge in [0.25, 0.3) is 5.56 Å². The summed E-state index contributed by atoms with van der Waals surface area (Å²) < 4.78 is 13.6. The van der Waals surface area contributed by atoms with E-state index in [9.17, 15) is 18.8 Å². The lowest BCUT2D eigenvalue weighted by Crippen LogP contribution is -2.35. The molecule has 0 spiro atoms. The second-order valence-corrected chi connectivity index (χ2v) is 4.32. The molecule has 21 heavy (non-hydrogen) atoms. The van der Waals surface area contributed by atoms with E-state index in [0.717, 1.165) is 0 Å². The van der Waals surface area contributed by atoms with E-state index in [1.165, 1.54) is 0 Å². The van der Waals surface area contributed by atoms with Gasteiger partial charge in [0.1, 0.15) is 6.04 Å². The Balaban J connectivity index is 2.27. The molecule has 0 aliphatic carbocycles. The SMILES string of the molecule is O=C(O)[C@H](Cc1ccccc1)Nc1[nH]c(=O)[nH]c(=O)c1F. The van der Waals surface area contributed by atoms with Crippen molar-refractivity contribution < 1.29 is 14.3 Å². The number of carboxylic acids is 1. The monoisotopic (exact) mass is 293 g/mol. The van der Waals surface area contributed by atoms with Crippen LogP contribution in [0, 0.1) is 5.82 Å². The van der Waals surface area contributed by atoms with Crippen molar-refractivity contribution in [3.8, 4) is 0 Å². The summed E-state index contributed by atoms with van der Waals surface area (Å²) in [5.74, 6) is -3.06. The molecule has 1 heterocycles. The molecule has 0 bridgehead atoms. The number of halogens is 1. The summed E-state index contributed by atoms with van der Waals surface area (Å²) in [6.45, 7) is 0. The fraction of sp³-hybridized carbons (Fsp3) is 0.154. The molecule has 4 N–H and O–H groups in total. The van der Waals surface area contributed by atoms with Crippen molar-refractivity contribution in [1.82, 2.24) is 9.97 Å².